The molecule has 3 rings (SSSR count). The molecular weight excluding hydrogens is 438 g/mol. The minimum absolute atomic E-state index is 0.260. The average molecular weight is 470 g/mol. The molecule has 176 valence electrons. The highest BCUT2D eigenvalue weighted by molar-refractivity contribution is 7.89. The number of sulfonamides is 1. The summed E-state index contributed by atoms with van der Waals surface area (Å²) in [5.41, 5.74) is 2.86. The van der Waals surface area contributed by atoms with E-state index in [1.165, 1.54) is 4.31 Å². The molecule has 0 N–H and O–H groups in total. The fourth-order valence-electron chi connectivity index (χ4n) is 3.49. The van der Waals surface area contributed by atoms with Gasteiger partial charge in [0.15, 0.2) is 11.5 Å². The molecule has 0 aliphatic carbocycles. The molecule has 33 heavy (non-hydrogen) atoms. The summed E-state index contributed by atoms with van der Waals surface area (Å²) >= 11 is 0. The lowest BCUT2D eigenvalue weighted by molar-refractivity contribution is 0.340. The molecule has 0 amide bonds. The topological polar surface area (TPSA) is 65.1 Å². The minimum atomic E-state index is -3.69. The first-order valence-corrected chi connectivity index (χ1v) is 12.3. The summed E-state index contributed by atoms with van der Waals surface area (Å²) in [6, 6.07) is 20.1. The molecule has 0 saturated carbocycles. The van der Waals surface area contributed by atoms with Gasteiger partial charge >= 0.3 is 0 Å². The molecule has 7 heteroatoms. The predicted octanol–water partition coefficient (Wildman–Crippen LogP) is 4.84. The summed E-state index contributed by atoms with van der Waals surface area (Å²) in [4.78, 5) is 0.284. The fraction of sp³-hybridized carbons (Fsp3) is 0.308. The highest BCUT2D eigenvalue weighted by Crippen LogP contribution is 2.28. The largest absolute Gasteiger partial charge is 0.494 e. The summed E-state index contributed by atoms with van der Waals surface area (Å²) < 4.78 is 44.8. The molecule has 0 spiro atoms. The molecule has 6 nitrogen and oxygen atoms in total. The Morgan fingerprint density at radius 3 is 2.06 bits per heavy atom. The van der Waals surface area contributed by atoms with Gasteiger partial charge in [0, 0.05) is 13.1 Å². The monoisotopic (exact) mass is 469 g/mol. The fourth-order valence-corrected chi connectivity index (χ4v) is 4.92. The Bertz CT molecular complexity index is 1140. The van der Waals surface area contributed by atoms with E-state index >= 15 is 0 Å². The quantitative estimate of drug-likeness (QED) is 0.402. The minimum Gasteiger partial charge on any atom is -0.494 e. The van der Waals surface area contributed by atoms with E-state index in [-0.39, 0.29) is 11.4 Å². The zero-order chi connectivity index (χ0) is 23.8. The van der Waals surface area contributed by atoms with Crippen molar-refractivity contribution in [1.82, 2.24) is 4.31 Å². The van der Waals surface area contributed by atoms with Crippen LogP contribution in [0.5, 0.6) is 17.2 Å². The zero-order valence-electron chi connectivity index (χ0n) is 19.6. The lowest BCUT2D eigenvalue weighted by atomic mass is 10.1. The average Bonchev–Trinajstić information content (AvgIpc) is 2.83. The molecule has 0 unspecified atom stereocenters. The zero-order valence-corrected chi connectivity index (χ0v) is 20.4. The summed E-state index contributed by atoms with van der Waals surface area (Å²) in [5.74, 6) is 2.02. The SMILES string of the molecule is CCOc1ccc(CN(CCc2ccc(OC)c(OC)c2)S(=O)(=O)c2ccc(C)cc2)cc1. The molecule has 0 aromatic heterocycles. The van der Waals surface area contributed by atoms with Crippen molar-refractivity contribution in [3.8, 4) is 17.2 Å². The van der Waals surface area contributed by atoms with Crippen LogP contribution < -0.4 is 14.2 Å². The van der Waals surface area contributed by atoms with Gasteiger partial charge in [-0.2, -0.15) is 4.31 Å². The molecule has 0 fully saturated rings. The van der Waals surface area contributed by atoms with Crippen molar-refractivity contribution in [3.63, 3.8) is 0 Å². The maximum atomic E-state index is 13.5. The number of hydrogen-bond acceptors (Lipinski definition) is 5. The second-order valence-electron chi connectivity index (χ2n) is 7.67. The predicted molar refractivity (Wildman–Crippen MR) is 130 cm³/mol. The molecule has 0 aliphatic rings. The van der Waals surface area contributed by atoms with E-state index in [9.17, 15) is 8.42 Å². The molecule has 0 saturated heterocycles. The lowest BCUT2D eigenvalue weighted by Crippen LogP contribution is -2.32. The Morgan fingerprint density at radius 1 is 0.818 bits per heavy atom. The van der Waals surface area contributed by atoms with E-state index in [2.05, 4.69) is 0 Å². The van der Waals surface area contributed by atoms with Crippen LogP contribution in [0.3, 0.4) is 0 Å². The summed E-state index contributed by atoms with van der Waals surface area (Å²) in [7, 11) is -0.516. The van der Waals surface area contributed by atoms with Gasteiger partial charge in [0.1, 0.15) is 5.75 Å². The smallest absolute Gasteiger partial charge is 0.243 e. The number of rotatable bonds is 11. The van der Waals surface area contributed by atoms with Crippen LogP contribution in [-0.4, -0.2) is 40.1 Å². The summed E-state index contributed by atoms with van der Waals surface area (Å²) in [6.07, 6.45) is 0.530. The van der Waals surface area contributed by atoms with Gasteiger partial charge in [-0.1, -0.05) is 35.9 Å². The van der Waals surface area contributed by atoms with E-state index in [0.29, 0.717) is 31.1 Å². The van der Waals surface area contributed by atoms with Crippen LogP contribution in [0.15, 0.2) is 71.6 Å². The lowest BCUT2D eigenvalue weighted by Gasteiger charge is -2.23. The second-order valence-corrected chi connectivity index (χ2v) is 9.61. The van der Waals surface area contributed by atoms with Crippen LogP contribution in [-0.2, 0) is 23.0 Å². The van der Waals surface area contributed by atoms with Gasteiger partial charge in [0.25, 0.3) is 0 Å². The second kappa shape index (κ2) is 11.2. The van der Waals surface area contributed by atoms with Crippen molar-refractivity contribution in [3.05, 3.63) is 83.4 Å². The molecule has 3 aromatic rings. The van der Waals surface area contributed by atoms with E-state index in [0.717, 1.165) is 22.4 Å². The van der Waals surface area contributed by atoms with Crippen LogP contribution >= 0.6 is 0 Å². The number of benzene rings is 3. The number of methoxy groups -OCH3 is 2. The van der Waals surface area contributed by atoms with E-state index < -0.39 is 10.0 Å². The standard InChI is InChI=1S/C26H31NO5S/c1-5-32-23-11-8-22(9-12-23)19-27(33(28,29)24-13-6-20(2)7-14-24)17-16-21-10-15-25(30-3)26(18-21)31-4/h6-15,18H,5,16-17,19H2,1-4H3. The number of nitrogens with zero attached hydrogens (tertiary/aromatic N) is 1. The maximum absolute atomic E-state index is 13.5. The Kier molecular flexibility index (Phi) is 8.36. The Hall–Kier alpha value is -3.03. The van der Waals surface area contributed by atoms with Crippen molar-refractivity contribution in [1.29, 1.82) is 0 Å². The van der Waals surface area contributed by atoms with Crippen LogP contribution in [0.4, 0.5) is 0 Å². The third-order valence-corrected chi connectivity index (χ3v) is 7.21. The van der Waals surface area contributed by atoms with Gasteiger partial charge in [0.05, 0.1) is 25.7 Å². The van der Waals surface area contributed by atoms with Crippen LogP contribution in [0.1, 0.15) is 23.6 Å². The number of hydrogen-bond donors (Lipinski definition) is 0. The molecule has 3 aromatic carbocycles. The van der Waals surface area contributed by atoms with Crippen molar-refractivity contribution < 1.29 is 22.6 Å². The van der Waals surface area contributed by atoms with Crippen LogP contribution in [0, 0.1) is 6.92 Å². The van der Waals surface area contributed by atoms with Gasteiger partial charge in [-0.3, -0.25) is 0 Å². The first-order valence-electron chi connectivity index (χ1n) is 10.9. The first kappa shape index (κ1) is 24.6. The Labute approximate surface area is 196 Å². The van der Waals surface area contributed by atoms with Gasteiger partial charge < -0.3 is 14.2 Å². The van der Waals surface area contributed by atoms with Gasteiger partial charge in [-0.25, -0.2) is 8.42 Å². The van der Waals surface area contributed by atoms with Crippen LogP contribution in [0.25, 0.3) is 0 Å². The summed E-state index contributed by atoms with van der Waals surface area (Å²) in [5, 5.41) is 0. The van der Waals surface area contributed by atoms with Crippen molar-refractivity contribution >= 4 is 10.0 Å². The molecule has 0 heterocycles. The highest BCUT2D eigenvalue weighted by Gasteiger charge is 2.24. The van der Waals surface area contributed by atoms with E-state index in [1.54, 1.807) is 26.4 Å². The van der Waals surface area contributed by atoms with E-state index in [4.69, 9.17) is 14.2 Å². The highest BCUT2D eigenvalue weighted by atomic mass is 32.2. The molecule has 0 atom stereocenters. The molecule has 0 bridgehead atoms. The Balaban J connectivity index is 1.87. The van der Waals surface area contributed by atoms with Gasteiger partial charge in [-0.05, 0) is 67.8 Å². The summed E-state index contributed by atoms with van der Waals surface area (Å²) in [6.45, 7) is 5.02. The molecule has 0 aliphatic heterocycles. The van der Waals surface area contributed by atoms with Crippen molar-refractivity contribution in [2.24, 2.45) is 0 Å². The molecule has 0 radical (unpaired) electrons. The third-order valence-electron chi connectivity index (χ3n) is 5.35. The number of ether oxygens (including phenoxy) is 3. The first-order chi connectivity index (χ1) is 15.9. The molecular formula is C26H31NO5S. The Morgan fingerprint density at radius 2 is 1.45 bits per heavy atom. The van der Waals surface area contributed by atoms with Gasteiger partial charge in [-0.15, -0.1) is 0 Å². The van der Waals surface area contributed by atoms with Crippen LogP contribution in [0.2, 0.25) is 0 Å². The van der Waals surface area contributed by atoms with Crippen molar-refractivity contribution in [2.45, 2.75) is 31.7 Å². The maximum Gasteiger partial charge on any atom is 0.243 e. The third kappa shape index (κ3) is 6.27. The van der Waals surface area contributed by atoms with Crippen molar-refractivity contribution in [2.75, 3.05) is 27.4 Å². The van der Waals surface area contributed by atoms with E-state index in [1.807, 2.05) is 68.4 Å². The normalized spacial score (nSPS) is 11.4. The number of aryl methyl sites for hydroxylation is 1. The van der Waals surface area contributed by atoms with Gasteiger partial charge in [0.2, 0.25) is 10.0 Å².